The Kier molecular flexibility index (Phi) is 8.07. The van der Waals surface area contributed by atoms with Crippen LogP contribution in [0.5, 0.6) is 0 Å². The fourth-order valence-corrected chi connectivity index (χ4v) is 2.17. The van der Waals surface area contributed by atoms with Crippen molar-refractivity contribution in [2.24, 2.45) is 11.3 Å². The number of carbonyl (C=O) groups excluding carboxylic acids is 2. The van der Waals surface area contributed by atoms with Crippen LogP contribution in [0.25, 0.3) is 0 Å². The molecule has 0 aliphatic rings. The Morgan fingerprint density at radius 3 is 1.79 bits per heavy atom. The predicted molar refractivity (Wildman–Crippen MR) is 75.1 cm³/mol. The number of halogens is 1. The Hall–Kier alpha value is -0.770. The van der Waals surface area contributed by atoms with Crippen LogP contribution in [0.1, 0.15) is 47.5 Å². The summed E-state index contributed by atoms with van der Waals surface area (Å²) in [7, 11) is 0. The molecule has 0 fully saturated rings. The van der Waals surface area contributed by atoms with Crippen LogP contribution in [0.15, 0.2) is 0 Å². The Labute approximate surface area is 120 Å². The highest BCUT2D eigenvalue weighted by molar-refractivity contribution is 6.31. The van der Waals surface area contributed by atoms with Crippen LogP contribution in [-0.4, -0.2) is 30.5 Å². The molecule has 0 saturated carbocycles. The average Bonchev–Trinajstić information content (AvgIpc) is 2.31. The lowest BCUT2D eigenvalue weighted by Crippen LogP contribution is -2.41. The van der Waals surface area contributed by atoms with E-state index >= 15 is 0 Å². The molecule has 0 rings (SSSR count). The molecule has 2 atom stereocenters. The minimum Gasteiger partial charge on any atom is -0.465 e. The van der Waals surface area contributed by atoms with E-state index in [-0.39, 0.29) is 0 Å². The number of hydrogen-bond donors (Lipinski definition) is 0. The molecular formula is C14H25ClO4. The zero-order valence-corrected chi connectivity index (χ0v) is 13.3. The van der Waals surface area contributed by atoms with E-state index < -0.39 is 28.6 Å². The summed E-state index contributed by atoms with van der Waals surface area (Å²) in [6.07, 6.45) is 1.45. The first kappa shape index (κ1) is 18.2. The van der Waals surface area contributed by atoms with E-state index in [0.29, 0.717) is 13.2 Å². The summed E-state index contributed by atoms with van der Waals surface area (Å²) in [5.41, 5.74) is -0.470. The number of alkyl halides is 1. The maximum absolute atomic E-state index is 12.1. The lowest BCUT2D eigenvalue weighted by molar-refractivity contribution is -0.158. The Bertz CT molecular complexity index is 296. The standard InChI is InChI=1S/C14H25ClO4/c1-6-8-18-12(16)10(14(3,4)5)11(15)13(17)19-9-7-2/h10-11H,6-9H2,1-5H3. The summed E-state index contributed by atoms with van der Waals surface area (Å²) < 4.78 is 10.1. The molecule has 0 aliphatic carbocycles. The van der Waals surface area contributed by atoms with E-state index in [4.69, 9.17) is 21.1 Å². The van der Waals surface area contributed by atoms with Crippen molar-refractivity contribution in [1.29, 1.82) is 0 Å². The topological polar surface area (TPSA) is 52.6 Å². The molecule has 0 N–H and O–H groups in total. The molecule has 5 heteroatoms. The van der Waals surface area contributed by atoms with Gasteiger partial charge in [-0.1, -0.05) is 34.6 Å². The van der Waals surface area contributed by atoms with Crippen molar-refractivity contribution in [1.82, 2.24) is 0 Å². The summed E-state index contributed by atoms with van der Waals surface area (Å²) in [6, 6.07) is 0. The van der Waals surface area contributed by atoms with Gasteiger partial charge in [0, 0.05) is 0 Å². The summed E-state index contributed by atoms with van der Waals surface area (Å²) in [4.78, 5) is 23.9. The van der Waals surface area contributed by atoms with Gasteiger partial charge < -0.3 is 9.47 Å². The van der Waals surface area contributed by atoms with Crippen molar-refractivity contribution in [2.45, 2.75) is 52.8 Å². The minimum atomic E-state index is -1.02. The Morgan fingerprint density at radius 1 is 1.00 bits per heavy atom. The molecule has 19 heavy (non-hydrogen) atoms. The molecule has 0 aromatic carbocycles. The molecule has 0 radical (unpaired) electrons. The van der Waals surface area contributed by atoms with Gasteiger partial charge in [-0.2, -0.15) is 0 Å². The third-order valence-electron chi connectivity index (χ3n) is 2.60. The molecule has 0 saturated heterocycles. The third-order valence-corrected chi connectivity index (χ3v) is 3.03. The minimum absolute atomic E-state index is 0.308. The maximum Gasteiger partial charge on any atom is 0.324 e. The van der Waals surface area contributed by atoms with Crippen LogP contribution in [0.4, 0.5) is 0 Å². The zero-order chi connectivity index (χ0) is 15.1. The van der Waals surface area contributed by atoms with Crippen LogP contribution >= 0.6 is 11.6 Å². The fraction of sp³-hybridized carbons (Fsp3) is 0.857. The summed E-state index contributed by atoms with van der Waals surface area (Å²) >= 11 is 6.12. The number of esters is 2. The normalized spacial score (nSPS) is 14.6. The van der Waals surface area contributed by atoms with Crippen molar-refractivity contribution >= 4 is 23.5 Å². The Balaban J connectivity index is 4.84. The van der Waals surface area contributed by atoms with E-state index in [1.165, 1.54) is 0 Å². The summed E-state index contributed by atoms with van der Waals surface area (Å²) in [5, 5.41) is -1.02. The van der Waals surface area contributed by atoms with Gasteiger partial charge in [-0.15, -0.1) is 11.6 Å². The second-order valence-corrected chi connectivity index (χ2v) is 6.05. The van der Waals surface area contributed by atoms with Crippen molar-refractivity contribution in [3.8, 4) is 0 Å². The monoisotopic (exact) mass is 292 g/mol. The number of hydrogen-bond acceptors (Lipinski definition) is 4. The van der Waals surface area contributed by atoms with Crippen LogP contribution in [0.2, 0.25) is 0 Å². The number of rotatable bonds is 7. The van der Waals surface area contributed by atoms with Gasteiger partial charge in [0.15, 0.2) is 0 Å². The highest BCUT2D eigenvalue weighted by Crippen LogP contribution is 2.33. The van der Waals surface area contributed by atoms with Gasteiger partial charge in [0.25, 0.3) is 0 Å². The quantitative estimate of drug-likeness (QED) is 0.534. The van der Waals surface area contributed by atoms with Crippen molar-refractivity contribution in [2.75, 3.05) is 13.2 Å². The first-order valence-corrected chi connectivity index (χ1v) is 7.16. The molecule has 2 unspecified atom stereocenters. The lowest BCUT2D eigenvalue weighted by atomic mass is 9.78. The predicted octanol–water partition coefficient (Wildman–Crippen LogP) is 3.16. The molecule has 0 bridgehead atoms. The molecule has 112 valence electrons. The molecule has 0 aromatic heterocycles. The van der Waals surface area contributed by atoms with E-state index in [9.17, 15) is 9.59 Å². The van der Waals surface area contributed by atoms with E-state index in [2.05, 4.69) is 0 Å². The zero-order valence-electron chi connectivity index (χ0n) is 12.5. The van der Waals surface area contributed by atoms with Crippen molar-refractivity contribution in [3.63, 3.8) is 0 Å². The van der Waals surface area contributed by atoms with Gasteiger partial charge in [0.05, 0.1) is 19.1 Å². The van der Waals surface area contributed by atoms with Gasteiger partial charge >= 0.3 is 11.9 Å². The van der Waals surface area contributed by atoms with E-state index in [1.54, 1.807) is 0 Å². The van der Waals surface area contributed by atoms with E-state index in [0.717, 1.165) is 12.8 Å². The lowest BCUT2D eigenvalue weighted by Gasteiger charge is -2.31. The molecule has 0 aromatic rings. The largest absolute Gasteiger partial charge is 0.465 e. The van der Waals surface area contributed by atoms with Crippen LogP contribution < -0.4 is 0 Å². The molecule has 4 nitrogen and oxygen atoms in total. The molecular weight excluding hydrogens is 268 g/mol. The van der Waals surface area contributed by atoms with Crippen LogP contribution in [0, 0.1) is 11.3 Å². The van der Waals surface area contributed by atoms with Gasteiger partial charge in [-0.25, -0.2) is 0 Å². The smallest absolute Gasteiger partial charge is 0.324 e. The van der Waals surface area contributed by atoms with Gasteiger partial charge in [-0.3, -0.25) is 9.59 Å². The van der Waals surface area contributed by atoms with Crippen LogP contribution in [-0.2, 0) is 19.1 Å². The first-order valence-electron chi connectivity index (χ1n) is 6.73. The first-order chi connectivity index (χ1) is 8.75. The summed E-state index contributed by atoms with van der Waals surface area (Å²) in [5.74, 6) is -1.72. The van der Waals surface area contributed by atoms with E-state index in [1.807, 2.05) is 34.6 Å². The van der Waals surface area contributed by atoms with Gasteiger partial charge in [0.2, 0.25) is 0 Å². The second kappa shape index (κ2) is 8.41. The number of carbonyl (C=O) groups is 2. The molecule has 0 spiro atoms. The Morgan fingerprint density at radius 2 is 1.42 bits per heavy atom. The summed E-state index contributed by atoms with van der Waals surface area (Å²) in [6.45, 7) is 10.0. The molecule has 0 aliphatic heterocycles. The van der Waals surface area contributed by atoms with Crippen molar-refractivity contribution in [3.05, 3.63) is 0 Å². The molecule has 0 heterocycles. The van der Waals surface area contributed by atoms with Crippen LogP contribution in [0.3, 0.4) is 0 Å². The number of ether oxygens (including phenoxy) is 2. The SMILES string of the molecule is CCCOC(=O)C(Cl)C(C(=O)OCCC)C(C)(C)C. The second-order valence-electron chi connectivity index (χ2n) is 5.58. The van der Waals surface area contributed by atoms with Crippen molar-refractivity contribution < 1.29 is 19.1 Å². The fourth-order valence-electron chi connectivity index (χ4n) is 1.62. The van der Waals surface area contributed by atoms with Gasteiger partial charge in [-0.05, 0) is 18.3 Å². The average molecular weight is 293 g/mol. The maximum atomic E-state index is 12.1. The van der Waals surface area contributed by atoms with Gasteiger partial charge in [0.1, 0.15) is 5.38 Å². The highest BCUT2D eigenvalue weighted by Gasteiger charge is 2.42. The molecule has 0 amide bonds. The highest BCUT2D eigenvalue weighted by atomic mass is 35.5. The third kappa shape index (κ3) is 6.28.